The van der Waals surface area contributed by atoms with E-state index < -0.39 is 10.0 Å². The summed E-state index contributed by atoms with van der Waals surface area (Å²) in [5.74, 6) is 0.895. The number of fused-ring (bicyclic) bond motifs is 1. The summed E-state index contributed by atoms with van der Waals surface area (Å²) in [5, 5.41) is 6.09. The number of benzene rings is 2. The van der Waals surface area contributed by atoms with Crippen LogP contribution in [0.2, 0.25) is 0 Å². The fraction of sp³-hybridized carbons (Fsp3) is 0.250. The first-order valence-electron chi connectivity index (χ1n) is 9.00. The monoisotopic (exact) mass is 415 g/mol. The second kappa shape index (κ2) is 7.44. The summed E-state index contributed by atoms with van der Waals surface area (Å²) in [6.07, 6.45) is 0.724. The number of anilines is 3. The first-order valence-corrected chi connectivity index (χ1v) is 11.5. The maximum absolute atomic E-state index is 12.2. The van der Waals surface area contributed by atoms with Crippen LogP contribution in [0.25, 0.3) is 11.3 Å². The lowest BCUT2D eigenvalue weighted by Gasteiger charge is -2.18. The molecule has 1 aliphatic rings. The van der Waals surface area contributed by atoms with Crippen LogP contribution in [0.1, 0.15) is 12.5 Å². The lowest BCUT2D eigenvalue weighted by molar-refractivity contribution is 0.415. The molecule has 0 amide bonds. The highest BCUT2D eigenvalue weighted by Gasteiger charge is 2.28. The van der Waals surface area contributed by atoms with Gasteiger partial charge in [0.05, 0.1) is 24.2 Å². The molecule has 2 aromatic carbocycles. The Bertz CT molecular complexity index is 1110. The van der Waals surface area contributed by atoms with Crippen molar-refractivity contribution in [1.29, 1.82) is 0 Å². The van der Waals surface area contributed by atoms with Gasteiger partial charge >= 0.3 is 0 Å². The molecule has 0 saturated carbocycles. The van der Waals surface area contributed by atoms with Gasteiger partial charge in [-0.25, -0.2) is 13.4 Å². The molecule has 0 unspecified atom stereocenters. The molecule has 0 spiro atoms. The third-order valence-electron chi connectivity index (χ3n) is 4.75. The number of nitrogens with one attached hydrogen (secondary N) is 1. The highest BCUT2D eigenvalue weighted by Crippen LogP contribution is 2.35. The molecule has 0 radical (unpaired) electrons. The maximum atomic E-state index is 12.2. The third-order valence-corrected chi connectivity index (χ3v) is 7.29. The molecule has 28 heavy (non-hydrogen) atoms. The average molecular weight is 416 g/mol. The molecule has 1 N–H and O–H groups in total. The van der Waals surface area contributed by atoms with Crippen LogP contribution in [0, 0.1) is 0 Å². The molecule has 6 nitrogen and oxygen atoms in total. The Balaban J connectivity index is 1.56. The van der Waals surface area contributed by atoms with E-state index in [-0.39, 0.29) is 5.75 Å². The minimum atomic E-state index is -3.23. The van der Waals surface area contributed by atoms with Crippen molar-refractivity contribution in [3.8, 4) is 17.0 Å². The van der Waals surface area contributed by atoms with E-state index in [9.17, 15) is 8.42 Å². The van der Waals surface area contributed by atoms with Crippen LogP contribution in [0.15, 0.2) is 47.8 Å². The molecule has 2 heterocycles. The van der Waals surface area contributed by atoms with Gasteiger partial charge in [-0.05, 0) is 43.2 Å². The molecule has 0 fully saturated rings. The van der Waals surface area contributed by atoms with Gasteiger partial charge in [0.2, 0.25) is 10.0 Å². The fourth-order valence-electron chi connectivity index (χ4n) is 3.26. The van der Waals surface area contributed by atoms with Gasteiger partial charge in [-0.15, -0.1) is 11.3 Å². The molecule has 0 aliphatic carbocycles. The molecule has 1 aromatic heterocycles. The Morgan fingerprint density at radius 2 is 2.11 bits per heavy atom. The molecule has 0 bridgehead atoms. The van der Waals surface area contributed by atoms with Gasteiger partial charge in [0, 0.05) is 29.2 Å². The van der Waals surface area contributed by atoms with E-state index in [2.05, 4.69) is 10.3 Å². The van der Waals surface area contributed by atoms with Crippen molar-refractivity contribution in [3.63, 3.8) is 0 Å². The quantitative estimate of drug-likeness (QED) is 0.651. The molecule has 4 rings (SSSR count). The molecule has 146 valence electrons. The van der Waals surface area contributed by atoms with Crippen molar-refractivity contribution in [2.45, 2.75) is 13.3 Å². The fourth-order valence-corrected chi connectivity index (χ4v) is 5.16. The van der Waals surface area contributed by atoms with Gasteiger partial charge in [0.15, 0.2) is 5.13 Å². The number of ether oxygens (including phenoxy) is 1. The molecule has 1 aliphatic heterocycles. The SMILES string of the molecule is CCS(=O)(=O)N1CCc2cc(-c3csc(Nc4cccc(OC)c4)n3)ccc21. The molecule has 0 atom stereocenters. The summed E-state index contributed by atoms with van der Waals surface area (Å²) in [6, 6.07) is 13.6. The van der Waals surface area contributed by atoms with E-state index >= 15 is 0 Å². The third kappa shape index (κ3) is 3.57. The first-order chi connectivity index (χ1) is 13.5. The number of hydrogen-bond donors (Lipinski definition) is 1. The van der Waals surface area contributed by atoms with Crippen molar-refractivity contribution >= 4 is 37.9 Å². The van der Waals surface area contributed by atoms with E-state index in [0.29, 0.717) is 6.54 Å². The van der Waals surface area contributed by atoms with Crippen molar-refractivity contribution in [2.75, 3.05) is 29.0 Å². The van der Waals surface area contributed by atoms with Crippen LogP contribution in [-0.2, 0) is 16.4 Å². The first kappa shape index (κ1) is 18.8. The number of hydrogen-bond acceptors (Lipinski definition) is 6. The normalized spacial score (nSPS) is 13.4. The van der Waals surface area contributed by atoms with E-state index in [0.717, 1.165) is 45.5 Å². The molecule has 0 saturated heterocycles. The zero-order valence-electron chi connectivity index (χ0n) is 15.7. The van der Waals surface area contributed by atoms with Crippen LogP contribution in [0.3, 0.4) is 0 Å². The summed E-state index contributed by atoms with van der Waals surface area (Å²) >= 11 is 1.53. The van der Waals surface area contributed by atoms with Gasteiger partial charge in [0.1, 0.15) is 5.75 Å². The van der Waals surface area contributed by atoms with Crippen LogP contribution in [0.4, 0.5) is 16.5 Å². The summed E-state index contributed by atoms with van der Waals surface area (Å²) in [5.41, 5.74) is 4.61. The maximum Gasteiger partial charge on any atom is 0.234 e. The Morgan fingerprint density at radius 3 is 2.89 bits per heavy atom. The van der Waals surface area contributed by atoms with Crippen LogP contribution in [-0.4, -0.2) is 32.8 Å². The molecule has 8 heteroatoms. The average Bonchev–Trinajstić information content (AvgIpc) is 3.35. The van der Waals surface area contributed by atoms with Gasteiger partial charge in [-0.3, -0.25) is 4.31 Å². The van der Waals surface area contributed by atoms with Crippen molar-refractivity contribution in [3.05, 3.63) is 53.4 Å². The Hall–Kier alpha value is -2.58. The molecule has 3 aromatic rings. The minimum Gasteiger partial charge on any atom is -0.497 e. The number of thiazole rings is 1. The van der Waals surface area contributed by atoms with Gasteiger partial charge in [0.25, 0.3) is 0 Å². The van der Waals surface area contributed by atoms with Gasteiger partial charge < -0.3 is 10.1 Å². The standard InChI is InChI=1S/C20H21N3O3S2/c1-3-28(24,25)23-10-9-15-11-14(7-8-19(15)23)18-13-27-20(22-18)21-16-5-4-6-17(12-16)26-2/h4-8,11-13H,3,9-10H2,1-2H3,(H,21,22). The summed E-state index contributed by atoms with van der Waals surface area (Å²) in [4.78, 5) is 4.68. The zero-order chi connectivity index (χ0) is 19.7. The number of sulfonamides is 1. The van der Waals surface area contributed by atoms with E-state index in [1.54, 1.807) is 14.0 Å². The predicted octanol–water partition coefficient (Wildman–Crippen LogP) is 4.27. The van der Waals surface area contributed by atoms with Crippen molar-refractivity contribution < 1.29 is 13.2 Å². The predicted molar refractivity (Wildman–Crippen MR) is 114 cm³/mol. The van der Waals surface area contributed by atoms with E-state index in [1.807, 2.05) is 47.8 Å². The zero-order valence-corrected chi connectivity index (χ0v) is 17.3. The number of rotatable bonds is 6. The highest BCUT2D eigenvalue weighted by molar-refractivity contribution is 7.92. The van der Waals surface area contributed by atoms with Gasteiger partial charge in [-0.1, -0.05) is 12.1 Å². The summed E-state index contributed by atoms with van der Waals surface area (Å²) < 4.78 is 31.2. The Kier molecular flexibility index (Phi) is 4.99. The summed E-state index contributed by atoms with van der Waals surface area (Å²) in [6.45, 7) is 2.18. The minimum absolute atomic E-state index is 0.111. The number of aromatic nitrogens is 1. The van der Waals surface area contributed by atoms with E-state index in [1.165, 1.54) is 15.6 Å². The number of methoxy groups -OCH3 is 1. The van der Waals surface area contributed by atoms with E-state index in [4.69, 9.17) is 4.74 Å². The van der Waals surface area contributed by atoms with Crippen molar-refractivity contribution in [1.82, 2.24) is 4.98 Å². The largest absolute Gasteiger partial charge is 0.497 e. The number of nitrogens with zero attached hydrogens (tertiary/aromatic N) is 2. The van der Waals surface area contributed by atoms with Crippen molar-refractivity contribution in [2.24, 2.45) is 0 Å². The Labute approximate surface area is 168 Å². The van der Waals surface area contributed by atoms with Crippen LogP contribution < -0.4 is 14.4 Å². The summed E-state index contributed by atoms with van der Waals surface area (Å²) in [7, 11) is -1.59. The smallest absolute Gasteiger partial charge is 0.234 e. The Morgan fingerprint density at radius 1 is 1.25 bits per heavy atom. The second-order valence-electron chi connectivity index (χ2n) is 6.46. The second-order valence-corrected chi connectivity index (χ2v) is 9.50. The molecular formula is C20H21N3O3S2. The highest BCUT2D eigenvalue weighted by atomic mass is 32.2. The van der Waals surface area contributed by atoms with Crippen LogP contribution >= 0.6 is 11.3 Å². The topological polar surface area (TPSA) is 71.5 Å². The lowest BCUT2D eigenvalue weighted by atomic mass is 10.1. The molecular weight excluding hydrogens is 394 g/mol. The van der Waals surface area contributed by atoms with Crippen LogP contribution in [0.5, 0.6) is 5.75 Å². The van der Waals surface area contributed by atoms with Gasteiger partial charge in [-0.2, -0.15) is 0 Å². The lowest BCUT2D eigenvalue weighted by Crippen LogP contribution is -2.30.